The largest absolute Gasteiger partial charge is 0.434 e. The lowest BCUT2D eigenvalue weighted by molar-refractivity contribution is 0.433. The first-order valence-corrected chi connectivity index (χ1v) is 11.4. The van der Waals surface area contributed by atoms with E-state index in [2.05, 4.69) is 27.4 Å². The summed E-state index contributed by atoms with van der Waals surface area (Å²) in [5, 5.41) is 23.1. The zero-order chi connectivity index (χ0) is 24.4. The third-order valence-corrected chi connectivity index (χ3v) is 6.25. The molecule has 0 saturated carbocycles. The predicted molar refractivity (Wildman–Crippen MR) is 133 cm³/mol. The Balaban J connectivity index is 1.45. The summed E-state index contributed by atoms with van der Waals surface area (Å²) >= 11 is 1.40. The quantitative estimate of drug-likeness (QED) is 0.290. The van der Waals surface area contributed by atoms with Crippen LogP contribution in [0.2, 0.25) is 0 Å². The summed E-state index contributed by atoms with van der Waals surface area (Å²) < 4.78 is 21.7. The molecule has 2 aromatic heterocycles. The van der Waals surface area contributed by atoms with E-state index in [1.165, 1.54) is 17.4 Å². The number of ether oxygens (including phenoxy) is 1. The van der Waals surface area contributed by atoms with E-state index in [0.717, 1.165) is 11.1 Å². The van der Waals surface area contributed by atoms with Crippen molar-refractivity contribution in [3.8, 4) is 34.9 Å². The molecule has 35 heavy (non-hydrogen) atoms. The van der Waals surface area contributed by atoms with Crippen LogP contribution in [0.4, 0.5) is 16.0 Å². The molecule has 0 aliphatic heterocycles. The van der Waals surface area contributed by atoms with E-state index in [1.807, 2.05) is 24.4 Å². The molecule has 3 aromatic carbocycles. The monoisotopic (exact) mass is 477 g/mol. The molecule has 0 unspecified atom stereocenters. The van der Waals surface area contributed by atoms with Gasteiger partial charge in [0.1, 0.15) is 4.70 Å². The number of halogens is 1. The van der Waals surface area contributed by atoms with Crippen LogP contribution in [-0.4, -0.2) is 9.97 Å². The Kier molecular flexibility index (Phi) is 5.80. The van der Waals surface area contributed by atoms with E-state index in [-0.39, 0.29) is 11.6 Å². The molecule has 0 radical (unpaired) electrons. The first kappa shape index (κ1) is 22.0. The molecule has 0 amide bonds. The number of nitrogens with one attached hydrogen (secondary N) is 1. The van der Waals surface area contributed by atoms with Crippen LogP contribution in [0.5, 0.6) is 11.6 Å². The van der Waals surface area contributed by atoms with Gasteiger partial charge in [-0.05, 0) is 77.5 Å². The average molecular weight is 478 g/mol. The third-order valence-electron chi connectivity index (χ3n) is 5.36. The number of thiophene rings is 1. The predicted octanol–water partition coefficient (Wildman–Crippen LogP) is 7.09. The van der Waals surface area contributed by atoms with Crippen molar-refractivity contribution < 1.29 is 9.13 Å². The van der Waals surface area contributed by atoms with Gasteiger partial charge in [0.05, 0.1) is 28.8 Å². The topological polar surface area (TPSA) is 94.6 Å². The number of nitrogens with zero attached hydrogens (tertiary/aromatic N) is 4. The Bertz CT molecular complexity index is 1650. The Morgan fingerprint density at radius 1 is 0.914 bits per heavy atom. The van der Waals surface area contributed by atoms with Crippen LogP contribution < -0.4 is 10.1 Å². The molecule has 5 aromatic rings. The number of fused-ring (bicyclic) bond motifs is 1. The van der Waals surface area contributed by atoms with Gasteiger partial charge in [-0.2, -0.15) is 15.5 Å². The van der Waals surface area contributed by atoms with Crippen LogP contribution in [0, 0.1) is 35.4 Å². The fourth-order valence-corrected chi connectivity index (χ4v) is 4.31. The Labute approximate surface area is 204 Å². The number of aromatic nitrogens is 2. The lowest BCUT2D eigenvalue weighted by Crippen LogP contribution is -2.00. The highest BCUT2D eigenvalue weighted by Gasteiger charge is 2.15. The maximum Gasteiger partial charge on any atom is 0.242 e. The summed E-state index contributed by atoms with van der Waals surface area (Å²) in [6, 6.07) is 23.0. The first-order valence-electron chi connectivity index (χ1n) is 10.5. The van der Waals surface area contributed by atoms with Gasteiger partial charge < -0.3 is 10.1 Å². The second-order valence-corrected chi connectivity index (χ2v) is 8.61. The lowest BCUT2D eigenvalue weighted by atomic mass is 10.0. The Morgan fingerprint density at radius 3 is 2.40 bits per heavy atom. The minimum atomic E-state index is -0.533. The first-order chi connectivity index (χ1) is 17.0. The van der Waals surface area contributed by atoms with Gasteiger partial charge in [0.25, 0.3) is 0 Å². The summed E-state index contributed by atoms with van der Waals surface area (Å²) in [6.07, 6.45) is 0. The van der Waals surface area contributed by atoms with Gasteiger partial charge in [0.15, 0.2) is 11.6 Å². The van der Waals surface area contributed by atoms with Gasteiger partial charge in [-0.1, -0.05) is 18.2 Å². The lowest BCUT2D eigenvalue weighted by Gasteiger charge is -2.11. The Morgan fingerprint density at radius 2 is 1.69 bits per heavy atom. The van der Waals surface area contributed by atoms with E-state index >= 15 is 4.39 Å². The standard InChI is InChI=1S/C27H16FN5OS/c1-16-12-18(4-5-20(16)15-30)19-6-9-24(22(28)13-19)34-26-25-23(10-11-35-25)32-27(33-26)31-21-7-2-17(14-29)3-8-21/h2-13H,1H3,(H,31,32,33). The molecule has 0 bridgehead atoms. The maximum absolute atomic E-state index is 15.1. The minimum absolute atomic E-state index is 0.0387. The van der Waals surface area contributed by atoms with Crippen molar-refractivity contribution in [1.29, 1.82) is 10.5 Å². The van der Waals surface area contributed by atoms with Gasteiger partial charge in [-0.3, -0.25) is 0 Å². The van der Waals surface area contributed by atoms with Crippen molar-refractivity contribution in [3.05, 3.63) is 94.6 Å². The molecule has 0 fully saturated rings. The van der Waals surface area contributed by atoms with Crippen molar-refractivity contribution >= 4 is 33.2 Å². The Hall–Kier alpha value is -4.79. The molecule has 0 aliphatic rings. The molecule has 1 N–H and O–H groups in total. The number of benzene rings is 3. The molecule has 6 nitrogen and oxygen atoms in total. The number of aryl methyl sites for hydroxylation is 1. The van der Waals surface area contributed by atoms with Gasteiger partial charge in [-0.25, -0.2) is 9.37 Å². The van der Waals surface area contributed by atoms with E-state index in [1.54, 1.807) is 48.5 Å². The van der Waals surface area contributed by atoms with E-state index in [0.29, 0.717) is 38.5 Å². The van der Waals surface area contributed by atoms with Crippen LogP contribution in [0.3, 0.4) is 0 Å². The molecule has 5 rings (SSSR count). The van der Waals surface area contributed by atoms with Crippen molar-refractivity contribution in [2.45, 2.75) is 6.92 Å². The fraction of sp³-hybridized carbons (Fsp3) is 0.0370. The van der Waals surface area contributed by atoms with Gasteiger partial charge in [-0.15, -0.1) is 11.3 Å². The zero-order valence-corrected chi connectivity index (χ0v) is 19.2. The molecule has 0 aliphatic carbocycles. The van der Waals surface area contributed by atoms with Crippen LogP contribution in [0.25, 0.3) is 21.3 Å². The molecule has 0 atom stereocenters. The normalized spacial score (nSPS) is 10.5. The van der Waals surface area contributed by atoms with Crippen LogP contribution >= 0.6 is 11.3 Å². The van der Waals surface area contributed by atoms with Crippen LogP contribution in [0.15, 0.2) is 72.1 Å². The second-order valence-electron chi connectivity index (χ2n) is 7.69. The second kappa shape index (κ2) is 9.22. The molecule has 2 heterocycles. The third kappa shape index (κ3) is 4.51. The van der Waals surface area contributed by atoms with E-state index < -0.39 is 5.82 Å². The van der Waals surface area contributed by atoms with Crippen LogP contribution in [-0.2, 0) is 0 Å². The van der Waals surface area contributed by atoms with Crippen molar-refractivity contribution in [2.24, 2.45) is 0 Å². The molecule has 0 saturated heterocycles. The molecule has 168 valence electrons. The number of nitriles is 2. The highest BCUT2D eigenvalue weighted by molar-refractivity contribution is 7.17. The molecule has 0 spiro atoms. The molecular weight excluding hydrogens is 461 g/mol. The molecular formula is C27H16FN5OS. The van der Waals surface area contributed by atoms with Crippen molar-refractivity contribution in [1.82, 2.24) is 9.97 Å². The summed E-state index contributed by atoms with van der Waals surface area (Å²) in [5.41, 5.74) is 4.82. The SMILES string of the molecule is Cc1cc(-c2ccc(Oc3nc(Nc4ccc(C#N)cc4)nc4ccsc34)c(F)c2)ccc1C#N. The van der Waals surface area contributed by atoms with Gasteiger partial charge in [0.2, 0.25) is 11.8 Å². The number of hydrogen-bond acceptors (Lipinski definition) is 7. The number of hydrogen-bond donors (Lipinski definition) is 1. The van der Waals surface area contributed by atoms with Crippen molar-refractivity contribution in [3.63, 3.8) is 0 Å². The average Bonchev–Trinajstić information content (AvgIpc) is 3.34. The maximum atomic E-state index is 15.1. The fourth-order valence-electron chi connectivity index (χ4n) is 3.55. The minimum Gasteiger partial charge on any atom is -0.434 e. The smallest absolute Gasteiger partial charge is 0.242 e. The van der Waals surface area contributed by atoms with Gasteiger partial charge >= 0.3 is 0 Å². The molecule has 8 heteroatoms. The highest BCUT2D eigenvalue weighted by atomic mass is 32.1. The number of anilines is 2. The van der Waals surface area contributed by atoms with Crippen LogP contribution in [0.1, 0.15) is 16.7 Å². The zero-order valence-electron chi connectivity index (χ0n) is 18.4. The van der Waals surface area contributed by atoms with Gasteiger partial charge in [0, 0.05) is 5.69 Å². The summed E-state index contributed by atoms with van der Waals surface area (Å²) in [6.45, 7) is 1.85. The number of rotatable bonds is 5. The highest BCUT2D eigenvalue weighted by Crippen LogP contribution is 2.35. The summed E-state index contributed by atoms with van der Waals surface area (Å²) in [7, 11) is 0. The van der Waals surface area contributed by atoms with Crippen molar-refractivity contribution in [2.75, 3.05) is 5.32 Å². The van der Waals surface area contributed by atoms with E-state index in [4.69, 9.17) is 15.3 Å². The summed E-state index contributed by atoms with van der Waals surface area (Å²) in [4.78, 5) is 8.96. The van der Waals surface area contributed by atoms with E-state index in [9.17, 15) is 0 Å². The summed E-state index contributed by atoms with van der Waals surface area (Å²) in [5.74, 6) is 0.0361.